The number of aryl methyl sites for hydroxylation is 1. The maximum Gasteiger partial charge on any atom is 0.251 e. The fourth-order valence-corrected chi connectivity index (χ4v) is 2.93. The smallest absolute Gasteiger partial charge is 0.251 e. The van der Waals surface area contributed by atoms with E-state index in [0.29, 0.717) is 24.5 Å². The van der Waals surface area contributed by atoms with Crippen molar-refractivity contribution < 1.29 is 9.53 Å². The molecule has 6 heteroatoms. The Kier molecular flexibility index (Phi) is 7.21. The number of hydrogen-bond acceptors (Lipinski definition) is 5. The monoisotopic (exact) mass is 347 g/mol. The van der Waals surface area contributed by atoms with Crippen LogP contribution in [0.3, 0.4) is 0 Å². The van der Waals surface area contributed by atoms with Crippen molar-refractivity contribution >= 4 is 17.2 Å². The van der Waals surface area contributed by atoms with Crippen LogP contribution in [-0.2, 0) is 6.61 Å². The van der Waals surface area contributed by atoms with E-state index in [2.05, 4.69) is 29.0 Å². The van der Waals surface area contributed by atoms with Crippen LogP contribution in [-0.4, -0.2) is 42.0 Å². The summed E-state index contributed by atoms with van der Waals surface area (Å²) < 4.78 is 5.73. The van der Waals surface area contributed by atoms with Gasteiger partial charge < -0.3 is 15.0 Å². The van der Waals surface area contributed by atoms with Crippen molar-refractivity contribution in [1.82, 2.24) is 15.2 Å². The predicted octanol–water partition coefficient (Wildman–Crippen LogP) is 3.10. The molecule has 2 rings (SSSR count). The molecule has 0 aliphatic rings. The Bertz CT molecular complexity index is 653. The lowest BCUT2D eigenvalue weighted by molar-refractivity contribution is 0.0948. The van der Waals surface area contributed by atoms with Crippen molar-refractivity contribution in [2.45, 2.75) is 27.4 Å². The maximum atomic E-state index is 12.2. The third kappa shape index (κ3) is 5.62. The molecule has 5 nitrogen and oxygen atoms in total. The highest BCUT2D eigenvalue weighted by Gasteiger charge is 2.08. The lowest BCUT2D eigenvalue weighted by Crippen LogP contribution is -2.34. The summed E-state index contributed by atoms with van der Waals surface area (Å²) in [7, 11) is 0. The lowest BCUT2D eigenvalue weighted by atomic mass is 10.2. The van der Waals surface area contributed by atoms with Gasteiger partial charge in [-0.1, -0.05) is 19.9 Å². The van der Waals surface area contributed by atoms with E-state index in [1.807, 2.05) is 24.4 Å². The molecule has 0 aliphatic carbocycles. The highest BCUT2D eigenvalue weighted by atomic mass is 32.1. The van der Waals surface area contributed by atoms with Gasteiger partial charge in [0.1, 0.15) is 12.4 Å². The van der Waals surface area contributed by atoms with E-state index in [0.717, 1.165) is 30.3 Å². The number of amides is 1. The van der Waals surface area contributed by atoms with Crippen molar-refractivity contribution in [3.63, 3.8) is 0 Å². The minimum Gasteiger partial charge on any atom is -0.487 e. The number of carbonyl (C=O) groups is 1. The molecule has 24 heavy (non-hydrogen) atoms. The largest absolute Gasteiger partial charge is 0.487 e. The van der Waals surface area contributed by atoms with Gasteiger partial charge in [-0.2, -0.15) is 0 Å². The second-order valence-corrected chi connectivity index (χ2v) is 6.52. The minimum absolute atomic E-state index is 0.0721. The number of aromatic nitrogens is 1. The Morgan fingerprint density at radius 1 is 1.33 bits per heavy atom. The van der Waals surface area contributed by atoms with E-state index in [1.165, 1.54) is 0 Å². The molecule has 0 aliphatic heterocycles. The van der Waals surface area contributed by atoms with Crippen molar-refractivity contribution in [3.05, 3.63) is 45.9 Å². The molecule has 0 unspecified atom stereocenters. The molecule has 130 valence electrons. The first kappa shape index (κ1) is 18.4. The van der Waals surface area contributed by atoms with Gasteiger partial charge in [0.2, 0.25) is 0 Å². The number of likely N-dealkylation sites (N-methyl/N-ethyl adjacent to an activating group) is 1. The van der Waals surface area contributed by atoms with Gasteiger partial charge in [-0.05, 0) is 38.2 Å². The van der Waals surface area contributed by atoms with Gasteiger partial charge >= 0.3 is 0 Å². The zero-order valence-corrected chi connectivity index (χ0v) is 15.4. The Morgan fingerprint density at radius 2 is 2.12 bits per heavy atom. The van der Waals surface area contributed by atoms with E-state index in [1.54, 1.807) is 23.5 Å². The maximum absolute atomic E-state index is 12.2. The van der Waals surface area contributed by atoms with Crippen LogP contribution in [0, 0.1) is 6.92 Å². The summed E-state index contributed by atoms with van der Waals surface area (Å²) in [6.45, 7) is 10.1. The van der Waals surface area contributed by atoms with E-state index in [9.17, 15) is 4.79 Å². The standard InChI is InChI=1S/C18H25N3O2S/c1-4-21(5-2)10-9-19-18(22)15-7-6-8-17(11-15)23-12-16-13-24-14(3)20-16/h6-8,11,13H,4-5,9-10,12H2,1-3H3,(H,19,22). The van der Waals surface area contributed by atoms with Crippen LogP contribution in [0.4, 0.5) is 0 Å². The van der Waals surface area contributed by atoms with Crippen molar-refractivity contribution in [1.29, 1.82) is 0 Å². The number of nitrogens with zero attached hydrogens (tertiary/aromatic N) is 2. The zero-order chi connectivity index (χ0) is 17.4. The number of carbonyl (C=O) groups excluding carboxylic acids is 1. The summed E-state index contributed by atoms with van der Waals surface area (Å²) in [6, 6.07) is 7.26. The Balaban J connectivity index is 1.85. The summed E-state index contributed by atoms with van der Waals surface area (Å²) in [5, 5.41) is 5.96. The lowest BCUT2D eigenvalue weighted by Gasteiger charge is -2.18. The summed E-state index contributed by atoms with van der Waals surface area (Å²) in [5.74, 6) is 0.606. The van der Waals surface area contributed by atoms with E-state index >= 15 is 0 Å². The third-order valence-electron chi connectivity index (χ3n) is 3.76. The molecular formula is C18H25N3O2S. The van der Waals surface area contributed by atoms with Crippen LogP contribution in [0.1, 0.15) is 34.9 Å². The van der Waals surface area contributed by atoms with Crippen LogP contribution < -0.4 is 10.1 Å². The van der Waals surface area contributed by atoms with E-state index < -0.39 is 0 Å². The molecule has 0 spiro atoms. The van der Waals surface area contributed by atoms with Gasteiger partial charge in [0.15, 0.2) is 0 Å². The molecule has 0 atom stereocenters. The van der Waals surface area contributed by atoms with Crippen LogP contribution in [0.5, 0.6) is 5.75 Å². The topological polar surface area (TPSA) is 54.5 Å². The summed E-state index contributed by atoms with van der Waals surface area (Å²) in [6.07, 6.45) is 0. The van der Waals surface area contributed by atoms with Gasteiger partial charge in [-0.15, -0.1) is 11.3 Å². The minimum atomic E-state index is -0.0721. The number of rotatable bonds is 9. The molecule has 1 aromatic heterocycles. The SMILES string of the molecule is CCN(CC)CCNC(=O)c1cccc(OCc2csc(C)n2)c1. The van der Waals surface area contributed by atoms with Crippen molar-refractivity contribution in [3.8, 4) is 5.75 Å². The number of nitrogens with one attached hydrogen (secondary N) is 1. The van der Waals surface area contributed by atoms with Crippen LogP contribution >= 0.6 is 11.3 Å². The predicted molar refractivity (Wildman–Crippen MR) is 97.7 cm³/mol. The molecule has 0 bridgehead atoms. The van der Waals surface area contributed by atoms with E-state index in [4.69, 9.17) is 4.74 Å². The molecule has 1 heterocycles. The van der Waals surface area contributed by atoms with Gasteiger partial charge in [-0.3, -0.25) is 4.79 Å². The van der Waals surface area contributed by atoms with Gasteiger partial charge in [-0.25, -0.2) is 4.98 Å². The first-order valence-corrected chi connectivity index (χ1v) is 9.14. The fourth-order valence-electron chi connectivity index (χ4n) is 2.33. The van der Waals surface area contributed by atoms with Gasteiger partial charge in [0, 0.05) is 24.0 Å². The van der Waals surface area contributed by atoms with Crippen LogP contribution in [0.15, 0.2) is 29.6 Å². The number of ether oxygens (including phenoxy) is 1. The first-order valence-electron chi connectivity index (χ1n) is 8.26. The second kappa shape index (κ2) is 9.39. The Hall–Kier alpha value is -1.92. The number of thiazole rings is 1. The first-order chi connectivity index (χ1) is 11.6. The summed E-state index contributed by atoms with van der Waals surface area (Å²) in [4.78, 5) is 18.9. The third-order valence-corrected chi connectivity index (χ3v) is 4.58. The normalized spacial score (nSPS) is 10.8. The Morgan fingerprint density at radius 3 is 2.79 bits per heavy atom. The number of benzene rings is 1. The highest BCUT2D eigenvalue weighted by Crippen LogP contribution is 2.16. The van der Waals surface area contributed by atoms with Gasteiger partial charge in [0.05, 0.1) is 10.7 Å². The quantitative estimate of drug-likeness (QED) is 0.757. The average Bonchev–Trinajstić information content (AvgIpc) is 3.02. The molecule has 0 saturated carbocycles. The zero-order valence-electron chi connectivity index (χ0n) is 14.5. The van der Waals surface area contributed by atoms with E-state index in [-0.39, 0.29) is 5.91 Å². The summed E-state index contributed by atoms with van der Waals surface area (Å²) in [5.41, 5.74) is 1.52. The number of hydrogen-bond donors (Lipinski definition) is 1. The molecule has 2 aromatic rings. The molecule has 1 amide bonds. The van der Waals surface area contributed by atoms with Crippen LogP contribution in [0.25, 0.3) is 0 Å². The average molecular weight is 347 g/mol. The molecular weight excluding hydrogens is 322 g/mol. The van der Waals surface area contributed by atoms with Crippen molar-refractivity contribution in [2.24, 2.45) is 0 Å². The molecule has 0 radical (unpaired) electrons. The molecule has 1 aromatic carbocycles. The summed E-state index contributed by atoms with van der Waals surface area (Å²) >= 11 is 1.60. The Labute approximate surface area is 147 Å². The molecule has 0 saturated heterocycles. The molecule has 0 fully saturated rings. The van der Waals surface area contributed by atoms with Crippen LogP contribution in [0.2, 0.25) is 0 Å². The van der Waals surface area contributed by atoms with Gasteiger partial charge in [0.25, 0.3) is 5.91 Å². The highest BCUT2D eigenvalue weighted by molar-refractivity contribution is 7.09. The fraction of sp³-hybridized carbons (Fsp3) is 0.444. The second-order valence-electron chi connectivity index (χ2n) is 5.46. The molecule has 1 N–H and O–H groups in total. The van der Waals surface area contributed by atoms with Crippen molar-refractivity contribution in [2.75, 3.05) is 26.2 Å².